The summed E-state index contributed by atoms with van der Waals surface area (Å²) in [5, 5.41) is 14.4. The Balaban J connectivity index is 1.15. The average molecular weight is 1100 g/mol. The van der Waals surface area contributed by atoms with E-state index in [1.54, 1.807) is 21.3 Å². The van der Waals surface area contributed by atoms with Crippen molar-refractivity contribution >= 4 is 36.4 Å². The zero-order valence-corrected chi connectivity index (χ0v) is 50.1. The molecule has 5 aliphatic heterocycles. The van der Waals surface area contributed by atoms with Gasteiger partial charge < -0.3 is 52.3 Å². The zero-order chi connectivity index (χ0) is 56.3. The van der Waals surface area contributed by atoms with Crippen LogP contribution in [0.1, 0.15) is 140 Å². The Morgan fingerprint density at radius 1 is 0.808 bits per heavy atom. The topological polar surface area (TPSA) is 158 Å². The summed E-state index contributed by atoms with van der Waals surface area (Å²) in [4.78, 5) is 44.9. The lowest BCUT2D eigenvalue weighted by molar-refractivity contribution is -0.419. The van der Waals surface area contributed by atoms with Crippen LogP contribution in [-0.4, -0.2) is 143 Å². The second-order valence-corrected chi connectivity index (χ2v) is 29.7. The van der Waals surface area contributed by atoms with Crippen molar-refractivity contribution in [2.24, 2.45) is 29.6 Å². The molecule has 78 heavy (non-hydrogen) atoms. The van der Waals surface area contributed by atoms with Gasteiger partial charge in [-0.25, -0.2) is 4.79 Å². The van der Waals surface area contributed by atoms with Crippen molar-refractivity contribution in [1.29, 1.82) is 0 Å². The first-order valence-corrected chi connectivity index (χ1v) is 31.0. The van der Waals surface area contributed by atoms with Gasteiger partial charge >= 0.3 is 5.97 Å². The number of nitrogens with zero attached hydrogens (tertiary/aromatic N) is 1. The minimum absolute atomic E-state index is 0.00515. The van der Waals surface area contributed by atoms with Gasteiger partial charge in [0.1, 0.15) is 24.9 Å². The number of fused-ring (bicyclic) bond motifs is 4. The molecule has 0 aromatic heterocycles. The van der Waals surface area contributed by atoms with Gasteiger partial charge in [-0.05, 0) is 124 Å². The summed E-state index contributed by atoms with van der Waals surface area (Å²) in [7, 11) is 2.18. The first-order chi connectivity index (χ1) is 37.0. The summed E-state index contributed by atoms with van der Waals surface area (Å²) in [5.41, 5.74) is 1.93. The molecule has 1 aliphatic carbocycles. The number of Topliss-reactive ketones (excluding diaryl/α,β-unsaturated/α-hetero) is 1. The second-order valence-electron chi connectivity index (χ2n) is 25.5. The van der Waals surface area contributed by atoms with E-state index in [2.05, 4.69) is 107 Å². The van der Waals surface area contributed by atoms with E-state index >= 15 is 4.79 Å². The lowest BCUT2D eigenvalue weighted by Gasteiger charge is -2.53. The number of aliphatic hydroxyl groups excluding tert-OH is 1. The van der Waals surface area contributed by atoms with Crippen LogP contribution < -0.4 is 10.4 Å². The highest BCUT2D eigenvalue weighted by molar-refractivity contribution is 6.99. The number of hydrogen-bond acceptors (Lipinski definition) is 13. The number of carbonyl (C=O) groups is 3. The van der Waals surface area contributed by atoms with E-state index in [9.17, 15) is 14.7 Å². The van der Waals surface area contributed by atoms with Gasteiger partial charge in [0.25, 0.3) is 14.2 Å². The predicted octanol–water partition coefficient (Wildman–Crippen LogP) is 9.03. The average Bonchev–Trinajstić information content (AvgIpc) is 3.50. The van der Waals surface area contributed by atoms with Crippen LogP contribution in [0.15, 0.2) is 84.0 Å². The Kier molecular flexibility index (Phi) is 19.6. The molecule has 6 aliphatic rings. The van der Waals surface area contributed by atoms with Crippen LogP contribution in [0.25, 0.3) is 0 Å². The number of carbonyl (C=O) groups excluding carboxylic acids is 3. The highest BCUT2D eigenvalue weighted by Gasteiger charge is 2.57. The van der Waals surface area contributed by atoms with E-state index in [0.717, 1.165) is 24.0 Å². The Labute approximate surface area is 466 Å². The molecule has 1 N–H and O–H groups in total. The monoisotopic (exact) mass is 1100 g/mol. The molecule has 1 spiro atoms. The number of hydrogen-bond donors (Lipinski definition) is 1. The molecule has 8 rings (SSSR count). The largest absolute Gasteiger partial charge is 0.456 e. The van der Waals surface area contributed by atoms with Crippen LogP contribution in [0.5, 0.6) is 0 Å². The highest BCUT2D eigenvalue weighted by atomic mass is 28.4. The number of amides is 1. The van der Waals surface area contributed by atoms with Crippen LogP contribution in [0, 0.1) is 29.6 Å². The third kappa shape index (κ3) is 13.0. The fourth-order valence-electron chi connectivity index (χ4n) is 14.3. The SMILES string of the molecule is CO[C@H]1C[C@@H](C)C/C(C)=C\[C@H]2CC(=O)CO[C@@]23C[C@H](OC(C)(C)O3)[C@@H](C)[C@@H](C(C)=C[C@@H]2CC[C@@H](O[Si](c3ccccc3)(c3ccccc3)C(C)(C)C)[C@H](OC)C2)OC(=O)[C@@H]2CCCCN2C(=O)[C@H](O)[C@@H]2O[C@H]1[C@@H](OC)C[C@H]2C. The molecule has 4 saturated heterocycles. The van der Waals surface area contributed by atoms with Crippen LogP contribution in [0.3, 0.4) is 0 Å². The highest BCUT2D eigenvalue weighted by Crippen LogP contribution is 2.48. The lowest BCUT2D eigenvalue weighted by atomic mass is 9.78. The van der Waals surface area contributed by atoms with Gasteiger partial charge in [0.05, 0.1) is 36.6 Å². The number of aliphatic hydroxyl groups is 1. The summed E-state index contributed by atoms with van der Waals surface area (Å²) in [6.07, 6.45) is 5.27. The summed E-state index contributed by atoms with van der Waals surface area (Å²) >= 11 is 0. The molecule has 5 fully saturated rings. The summed E-state index contributed by atoms with van der Waals surface area (Å²) < 4.78 is 60.3. The minimum atomic E-state index is -2.90. The summed E-state index contributed by atoms with van der Waals surface area (Å²) in [6, 6.07) is 20.5. The first kappa shape index (κ1) is 60.5. The van der Waals surface area contributed by atoms with Gasteiger partial charge in [0.2, 0.25) is 0 Å². The Bertz CT molecular complexity index is 2370. The maximum Gasteiger partial charge on any atom is 0.329 e. The van der Waals surface area contributed by atoms with Crippen molar-refractivity contribution in [3.8, 4) is 0 Å². The van der Waals surface area contributed by atoms with Crippen LogP contribution >= 0.6 is 0 Å². The standard InChI is InChI=1S/C63H93NO13Si/c1-39-30-40(2)32-52(70-12)58-53(71-13)34-42(4)57(73-58)55(66)59(67)64-29-21-20-26-49(64)60(68)74-56(43(5)54-37-63(77-62(9,10)75-54)45(31-39)36-46(65)38-72-63)41(3)33-44-27-28-50(51(35-44)69-11)76-78(61(6,7)8,47-22-16-14-17-23-47)48-24-18-15-19-25-48/h14-19,22-25,31,33,40,42-45,49-58,66H,20-21,26-30,32,34-38H2,1-13H3/b39-31-,41-33?/t40-,42+,43+,44-,45-,49-,50+,51+,52-,53-,54-,55+,56+,57+,58+,63+/m0/s1. The van der Waals surface area contributed by atoms with E-state index in [0.29, 0.717) is 44.9 Å². The van der Waals surface area contributed by atoms with Gasteiger partial charge in [-0.3, -0.25) is 9.59 Å². The molecular formula is C63H93NO13Si. The molecule has 2 aromatic carbocycles. The smallest absolute Gasteiger partial charge is 0.329 e. The molecule has 0 unspecified atom stereocenters. The first-order valence-electron chi connectivity index (χ1n) is 29.1. The Morgan fingerprint density at radius 2 is 1.45 bits per heavy atom. The molecule has 1 saturated carbocycles. The van der Waals surface area contributed by atoms with Gasteiger partial charge in [0, 0.05) is 52.6 Å². The van der Waals surface area contributed by atoms with Crippen molar-refractivity contribution < 1.29 is 61.8 Å². The fourth-order valence-corrected chi connectivity index (χ4v) is 19.1. The third-order valence-corrected chi connectivity index (χ3v) is 23.2. The predicted molar refractivity (Wildman–Crippen MR) is 301 cm³/mol. The Morgan fingerprint density at radius 3 is 2.08 bits per heavy atom. The molecule has 1 amide bonds. The molecule has 16 atom stereocenters. The third-order valence-electron chi connectivity index (χ3n) is 18.1. The normalized spacial score (nSPS) is 37.7. The van der Waals surface area contributed by atoms with Gasteiger partial charge in [-0.2, -0.15) is 0 Å². The molecule has 4 bridgehead atoms. The second kappa shape index (κ2) is 25.3. The number of allylic oxidation sites excluding steroid dienone is 2. The Hall–Kier alpha value is -3.61. The molecule has 15 heteroatoms. The minimum Gasteiger partial charge on any atom is -0.456 e. The van der Waals surface area contributed by atoms with Crippen molar-refractivity contribution in [2.45, 2.75) is 217 Å². The van der Waals surface area contributed by atoms with Gasteiger partial charge in [0.15, 0.2) is 23.5 Å². The van der Waals surface area contributed by atoms with Crippen molar-refractivity contribution in [3.05, 3.63) is 84.0 Å². The van der Waals surface area contributed by atoms with E-state index < -0.39 is 86.3 Å². The molecule has 5 heterocycles. The van der Waals surface area contributed by atoms with E-state index in [-0.39, 0.29) is 72.9 Å². The number of rotatable bonds is 9. The van der Waals surface area contributed by atoms with Crippen molar-refractivity contribution in [2.75, 3.05) is 34.5 Å². The lowest BCUT2D eigenvalue weighted by Crippen LogP contribution is -2.68. The molecular weight excluding hydrogens is 1010 g/mol. The fraction of sp³-hybridized carbons (Fsp3) is 0.698. The summed E-state index contributed by atoms with van der Waals surface area (Å²) in [5.74, 6) is -4.42. The number of ketones is 1. The number of piperidine rings is 1. The van der Waals surface area contributed by atoms with Gasteiger partial charge in [-0.15, -0.1) is 0 Å². The maximum absolute atomic E-state index is 15.2. The van der Waals surface area contributed by atoms with E-state index in [1.165, 1.54) is 15.3 Å². The molecule has 2 aromatic rings. The van der Waals surface area contributed by atoms with Crippen molar-refractivity contribution in [3.63, 3.8) is 0 Å². The van der Waals surface area contributed by atoms with E-state index in [1.807, 2.05) is 34.6 Å². The van der Waals surface area contributed by atoms with Crippen LogP contribution in [-0.2, 0) is 56.7 Å². The van der Waals surface area contributed by atoms with E-state index in [4.69, 9.17) is 42.3 Å². The quantitative estimate of drug-likeness (QED) is 0.144. The van der Waals surface area contributed by atoms with Crippen LogP contribution in [0.4, 0.5) is 0 Å². The maximum atomic E-state index is 15.2. The molecule has 432 valence electrons. The van der Waals surface area contributed by atoms with Crippen LogP contribution in [0.2, 0.25) is 5.04 Å². The number of cyclic esters (lactones) is 1. The number of methoxy groups -OCH3 is 3. The zero-order valence-electron chi connectivity index (χ0n) is 49.1. The summed E-state index contributed by atoms with van der Waals surface area (Å²) in [6.45, 7) is 21.1. The van der Waals surface area contributed by atoms with Gasteiger partial charge in [-0.1, -0.05) is 120 Å². The molecule has 14 nitrogen and oxygen atoms in total. The number of benzene rings is 2. The number of ether oxygens (including phenoxy) is 8. The van der Waals surface area contributed by atoms with Crippen molar-refractivity contribution in [1.82, 2.24) is 4.90 Å². The number of esters is 1. The molecule has 0 radical (unpaired) electrons.